The molecule has 1 amide bonds. The molecule has 27 heavy (non-hydrogen) atoms. The number of hydrogen-bond acceptors (Lipinski definition) is 5. The van der Waals surface area contributed by atoms with Crippen LogP contribution >= 0.6 is 0 Å². The molecule has 0 unspecified atom stereocenters. The summed E-state index contributed by atoms with van der Waals surface area (Å²) in [6.45, 7) is 3.68. The van der Waals surface area contributed by atoms with Crippen molar-refractivity contribution < 1.29 is 4.79 Å². The molecule has 0 N–H and O–H groups in total. The third-order valence-corrected chi connectivity index (χ3v) is 5.77. The van der Waals surface area contributed by atoms with Crippen molar-refractivity contribution in [2.24, 2.45) is 7.05 Å². The molecule has 0 saturated carbocycles. The molecule has 4 heterocycles. The summed E-state index contributed by atoms with van der Waals surface area (Å²) in [5, 5.41) is 0. The molecule has 7 nitrogen and oxygen atoms in total. The fourth-order valence-electron chi connectivity index (χ4n) is 4.00. The van der Waals surface area contributed by atoms with E-state index in [1.165, 1.54) is 12.8 Å². The molecule has 2 aliphatic rings. The van der Waals surface area contributed by atoms with Crippen molar-refractivity contribution in [2.45, 2.75) is 25.3 Å². The first kappa shape index (κ1) is 18.0. The van der Waals surface area contributed by atoms with Crippen molar-refractivity contribution in [3.63, 3.8) is 0 Å². The maximum atomic E-state index is 13.0. The van der Waals surface area contributed by atoms with Crippen LogP contribution in [0.5, 0.6) is 0 Å². The lowest BCUT2D eigenvalue weighted by Crippen LogP contribution is -2.35. The van der Waals surface area contributed by atoms with E-state index in [4.69, 9.17) is 0 Å². The molecule has 2 aromatic heterocycles. The summed E-state index contributed by atoms with van der Waals surface area (Å²) >= 11 is 0. The summed E-state index contributed by atoms with van der Waals surface area (Å²) in [7, 11) is 6.08. The summed E-state index contributed by atoms with van der Waals surface area (Å²) in [6.07, 6.45) is 9.16. The predicted octanol–water partition coefficient (Wildman–Crippen LogP) is 1.86. The maximum Gasteiger partial charge on any atom is 0.270 e. The highest BCUT2D eigenvalue weighted by atomic mass is 16.2. The molecule has 0 aromatic carbocycles. The number of carbonyl (C=O) groups excluding carboxylic acids is 1. The van der Waals surface area contributed by atoms with Gasteiger partial charge in [0.1, 0.15) is 5.69 Å². The lowest BCUT2D eigenvalue weighted by atomic mass is 10.2. The number of amides is 1. The smallest absolute Gasteiger partial charge is 0.270 e. The lowest BCUT2D eigenvalue weighted by molar-refractivity contribution is 0.0773. The quantitative estimate of drug-likeness (QED) is 0.824. The lowest BCUT2D eigenvalue weighted by Gasteiger charge is -2.20. The van der Waals surface area contributed by atoms with E-state index in [9.17, 15) is 4.79 Å². The van der Waals surface area contributed by atoms with Gasteiger partial charge in [0.05, 0.1) is 0 Å². The van der Waals surface area contributed by atoms with Crippen LogP contribution in [0, 0.1) is 0 Å². The van der Waals surface area contributed by atoms with Crippen LogP contribution in [0.1, 0.15) is 29.8 Å². The van der Waals surface area contributed by atoms with Crippen LogP contribution in [0.15, 0.2) is 24.7 Å². The Morgan fingerprint density at radius 3 is 2.44 bits per heavy atom. The minimum atomic E-state index is 0.0997. The van der Waals surface area contributed by atoms with Crippen LogP contribution in [0.2, 0.25) is 0 Å². The van der Waals surface area contributed by atoms with Gasteiger partial charge in [0.2, 0.25) is 5.95 Å². The Hall–Kier alpha value is -2.41. The third-order valence-electron chi connectivity index (χ3n) is 5.77. The van der Waals surface area contributed by atoms with Gasteiger partial charge in [-0.15, -0.1) is 0 Å². The number of aromatic nitrogens is 3. The van der Waals surface area contributed by atoms with Gasteiger partial charge in [0, 0.05) is 69.0 Å². The van der Waals surface area contributed by atoms with Gasteiger partial charge in [-0.05, 0) is 39.4 Å². The summed E-state index contributed by atoms with van der Waals surface area (Å²) in [4.78, 5) is 28.4. The molecule has 4 rings (SSSR count). The molecule has 0 spiro atoms. The standard InChI is InChI=1S/C20H28N6O/c1-23(2)17-6-9-26(14-17)19(27)18-10-15(13-24(18)3)16-11-21-20(22-12-16)25-7-4-5-8-25/h10-13,17H,4-9,14H2,1-3H3/t17-/m0/s1. The van der Waals surface area contributed by atoms with Crippen molar-refractivity contribution in [3.8, 4) is 11.1 Å². The van der Waals surface area contributed by atoms with Crippen molar-refractivity contribution in [1.29, 1.82) is 0 Å². The number of carbonyl (C=O) groups is 1. The van der Waals surface area contributed by atoms with Crippen molar-refractivity contribution in [1.82, 2.24) is 24.3 Å². The average Bonchev–Trinajstić information content (AvgIpc) is 3.41. The van der Waals surface area contributed by atoms with Crippen LogP contribution in [-0.4, -0.2) is 76.6 Å². The van der Waals surface area contributed by atoms with Crippen molar-refractivity contribution >= 4 is 11.9 Å². The Morgan fingerprint density at radius 2 is 1.81 bits per heavy atom. The fourth-order valence-corrected chi connectivity index (χ4v) is 4.00. The van der Waals surface area contributed by atoms with E-state index >= 15 is 0 Å². The van der Waals surface area contributed by atoms with E-state index in [1.54, 1.807) is 0 Å². The molecular formula is C20H28N6O. The second kappa shape index (κ2) is 7.31. The molecule has 0 radical (unpaired) electrons. The highest BCUT2D eigenvalue weighted by Crippen LogP contribution is 2.24. The van der Waals surface area contributed by atoms with E-state index < -0.39 is 0 Å². The van der Waals surface area contributed by atoms with Crippen LogP contribution in [0.3, 0.4) is 0 Å². The first-order valence-electron chi connectivity index (χ1n) is 9.72. The number of hydrogen-bond donors (Lipinski definition) is 0. The van der Waals surface area contributed by atoms with Crippen LogP contribution < -0.4 is 4.90 Å². The zero-order chi connectivity index (χ0) is 19.0. The third kappa shape index (κ3) is 3.56. The summed E-state index contributed by atoms with van der Waals surface area (Å²) in [5.74, 6) is 0.901. The van der Waals surface area contributed by atoms with E-state index in [0.29, 0.717) is 11.7 Å². The first-order valence-corrected chi connectivity index (χ1v) is 9.72. The van der Waals surface area contributed by atoms with E-state index in [0.717, 1.165) is 49.7 Å². The Labute approximate surface area is 160 Å². The van der Waals surface area contributed by atoms with Gasteiger partial charge in [-0.1, -0.05) is 0 Å². The Bertz CT molecular complexity index is 806. The molecule has 2 aromatic rings. The van der Waals surface area contributed by atoms with Gasteiger partial charge < -0.3 is 19.3 Å². The van der Waals surface area contributed by atoms with Crippen LogP contribution in [0.25, 0.3) is 11.1 Å². The summed E-state index contributed by atoms with van der Waals surface area (Å²) in [6, 6.07) is 2.40. The van der Waals surface area contributed by atoms with E-state index in [1.807, 2.05) is 41.2 Å². The normalized spacial score (nSPS) is 20.1. The highest BCUT2D eigenvalue weighted by Gasteiger charge is 2.29. The zero-order valence-corrected chi connectivity index (χ0v) is 16.4. The van der Waals surface area contributed by atoms with Crippen molar-refractivity contribution in [2.75, 3.05) is 45.2 Å². The van der Waals surface area contributed by atoms with Gasteiger partial charge in [-0.25, -0.2) is 9.97 Å². The zero-order valence-electron chi connectivity index (χ0n) is 16.4. The van der Waals surface area contributed by atoms with Gasteiger partial charge in [-0.3, -0.25) is 4.79 Å². The molecule has 7 heteroatoms. The Morgan fingerprint density at radius 1 is 1.11 bits per heavy atom. The molecule has 2 saturated heterocycles. The number of nitrogens with zero attached hydrogens (tertiary/aromatic N) is 6. The highest BCUT2D eigenvalue weighted by molar-refractivity contribution is 5.94. The van der Waals surface area contributed by atoms with Gasteiger partial charge in [-0.2, -0.15) is 0 Å². The number of rotatable bonds is 4. The van der Waals surface area contributed by atoms with Gasteiger partial charge in [0.25, 0.3) is 5.91 Å². The second-order valence-electron chi connectivity index (χ2n) is 7.85. The molecule has 2 aliphatic heterocycles. The number of likely N-dealkylation sites (N-methyl/N-ethyl adjacent to an activating group) is 1. The van der Waals surface area contributed by atoms with E-state index in [-0.39, 0.29) is 5.91 Å². The fraction of sp³-hybridized carbons (Fsp3) is 0.550. The second-order valence-corrected chi connectivity index (χ2v) is 7.85. The number of anilines is 1. The molecule has 2 fully saturated rings. The van der Waals surface area contributed by atoms with Crippen LogP contribution in [0.4, 0.5) is 5.95 Å². The van der Waals surface area contributed by atoms with Gasteiger partial charge in [0.15, 0.2) is 0 Å². The van der Waals surface area contributed by atoms with Crippen LogP contribution in [-0.2, 0) is 7.05 Å². The molecule has 1 atom stereocenters. The van der Waals surface area contributed by atoms with Crippen molar-refractivity contribution in [3.05, 3.63) is 30.4 Å². The molecular weight excluding hydrogens is 340 g/mol. The maximum absolute atomic E-state index is 13.0. The topological polar surface area (TPSA) is 57.5 Å². The molecule has 0 bridgehead atoms. The predicted molar refractivity (Wildman–Crippen MR) is 106 cm³/mol. The number of aryl methyl sites for hydroxylation is 1. The molecule has 144 valence electrons. The first-order chi connectivity index (χ1) is 13.0. The molecule has 0 aliphatic carbocycles. The number of likely N-dealkylation sites (tertiary alicyclic amines) is 1. The van der Waals surface area contributed by atoms with E-state index in [2.05, 4.69) is 33.9 Å². The SMILES string of the molecule is CN(C)[C@H]1CCN(C(=O)c2cc(-c3cnc(N4CCCC4)nc3)cn2C)C1. The largest absolute Gasteiger partial charge is 0.346 e. The summed E-state index contributed by atoms with van der Waals surface area (Å²) < 4.78 is 1.91. The Balaban J connectivity index is 1.50. The minimum absolute atomic E-state index is 0.0997. The van der Waals surface area contributed by atoms with Gasteiger partial charge >= 0.3 is 0 Å². The minimum Gasteiger partial charge on any atom is -0.346 e. The summed E-state index contributed by atoms with van der Waals surface area (Å²) in [5.41, 5.74) is 2.64. The average molecular weight is 368 g/mol. The Kier molecular flexibility index (Phi) is 4.86. The monoisotopic (exact) mass is 368 g/mol.